The van der Waals surface area contributed by atoms with Crippen molar-refractivity contribution in [3.63, 3.8) is 0 Å². The Kier molecular flexibility index (Phi) is 4.81. The maximum Gasteiger partial charge on any atom is 0.215 e. The molecule has 0 aliphatic heterocycles. The lowest BCUT2D eigenvalue weighted by atomic mass is 10.3. The van der Waals surface area contributed by atoms with Crippen molar-refractivity contribution in [1.29, 1.82) is 0 Å². The van der Waals surface area contributed by atoms with Gasteiger partial charge in [0.25, 0.3) is 0 Å². The third kappa shape index (κ3) is 4.76. The third-order valence-electron chi connectivity index (χ3n) is 2.64. The van der Waals surface area contributed by atoms with Crippen LogP contribution in [0.15, 0.2) is 34.9 Å². The number of sulfonamides is 1. The molecule has 1 aromatic heterocycles. The van der Waals surface area contributed by atoms with E-state index in [1.807, 2.05) is 0 Å². The highest BCUT2D eigenvalue weighted by Crippen LogP contribution is 2.19. The molecule has 0 fully saturated rings. The minimum absolute atomic E-state index is 0.00809. The van der Waals surface area contributed by atoms with Gasteiger partial charge in [-0.25, -0.2) is 18.1 Å². The van der Waals surface area contributed by atoms with Crippen molar-refractivity contribution in [2.45, 2.75) is 13.5 Å². The molecule has 114 valence electrons. The molecule has 0 saturated carbocycles. The van der Waals surface area contributed by atoms with Gasteiger partial charge in [0.15, 0.2) is 0 Å². The topological polar surface area (TPSA) is 107 Å². The quantitative estimate of drug-likeness (QED) is 0.740. The SMILES string of the molecule is Cc1cnc(CNS(=O)(=O)CCOc2ccccc2N)o1. The predicted molar refractivity (Wildman–Crippen MR) is 78.2 cm³/mol. The molecule has 7 nitrogen and oxygen atoms in total. The highest BCUT2D eigenvalue weighted by atomic mass is 32.2. The number of nitrogens with two attached hydrogens (primary N) is 1. The van der Waals surface area contributed by atoms with Crippen LogP contribution < -0.4 is 15.2 Å². The number of anilines is 1. The van der Waals surface area contributed by atoms with Crippen molar-refractivity contribution >= 4 is 15.7 Å². The van der Waals surface area contributed by atoms with Crippen LogP contribution in [0.25, 0.3) is 0 Å². The fraction of sp³-hybridized carbons (Fsp3) is 0.308. The van der Waals surface area contributed by atoms with Gasteiger partial charge in [-0.3, -0.25) is 0 Å². The molecular formula is C13H17N3O4S. The summed E-state index contributed by atoms with van der Waals surface area (Å²) in [4.78, 5) is 3.92. The molecule has 0 aliphatic rings. The molecule has 1 aromatic carbocycles. The van der Waals surface area contributed by atoms with Gasteiger partial charge in [-0.15, -0.1) is 0 Å². The average Bonchev–Trinajstić information content (AvgIpc) is 2.85. The van der Waals surface area contributed by atoms with Crippen LogP contribution in [-0.4, -0.2) is 25.8 Å². The summed E-state index contributed by atoms with van der Waals surface area (Å²) in [6, 6.07) is 6.92. The van der Waals surface area contributed by atoms with Crippen LogP contribution in [0.2, 0.25) is 0 Å². The van der Waals surface area contributed by atoms with Crippen LogP contribution in [0.4, 0.5) is 5.69 Å². The number of nitrogens with one attached hydrogen (secondary N) is 1. The number of nitrogens with zero attached hydrogens (tertiary/aromatic N) is 1. The number of aryl methyl sites for hydroxylation is 1. The third-order valence-corrected chi connectivity index (χ3v) is 3.93. The molecule has 0 saturated heterocycles. The summed E-state index contributed by atoms with van der Waals surface area (Å²) in [6.45, 7) is 1.76. The summed E-state index contributed by atoms with van der Waals surface area (Å²) < 4.78 is 36.5. The number of ether oxygens (including phenoxy) is 1. The van der Waals surface area contributed by atoms with E-state index in [2.05, 4.69) is 9.71 Å². The van der Waals surface area contributed by atoms with E-state index in [9.17, 15) is 8.42 Å². The zero-order valence-electron chi connectivity index (χ0n) is 11.6. The van der Waals surface area contributed by atoms with E-state index in [1.54, 1.807) is 31.2 Å². The first-order valence-electron chi connectivity index (χ1n) is 6.32. The number of rotatable bonds is 7. The average molecular weight is 311 g/mol. The molecule has 0 aliphatic carbocycles. The molecule has 2 aromatic rings. The van der Waals surface area contributed by atoms with E-state index < -0.39 is 10.0 Å². The number of hydrogen-bond donors (Lipinski definition) is 2. The van der Waals surface area contributed by atoms with E-state index in [4.69, 9.17) is 14.9 Å². The number of hydrogen-bond acceptors (Lipinski definition) is 6. The van der Waals surface area contributed by atoms with Gasteiger partial charge in [-0.1, -0.05) is 12.1 Å². The fourth-order valence-corrected chi connectivity index (χ4v) is 2.39. The van der Waals surface area contributed by atoms with Gasteiger partial charge < -0.3 is 14.9 Å². The molecule has 8 heteroatoms. The summed E-state index contributed by atoms with van der Waals surface area (Å²) in [5, 5.41) is 0. The minimum atomic E-state index is -3.47. The Hall–Kier alpha value is -2.06. The highest BCUT2D eigenvalue weighted by Gasteiger charge is 2.12. The van der Waals surface area contributed by atoms with Gasteiger partial charge in [0.2, 0.25) is 15.9 Å². The second-order valence-corrected chi connectivity index (χ2v) is 6.32. The van der Waals surface area contributed by atoms with Gasteiger partial charge in [0.1, 0.15) is 18.1 Å². The minimum Gasteiger partial charge on any atom is -0.490 e. The maximum absolute atomic E-state index is 11.8. The molecule has 1 heterocycles. The lowest BCUT2D eigenvalue weighted by Gasteiger charge is -2.09. The van der Waals surface area contributed by atoms with Crippen LogP contribution >= 0.6 is 0 Å². The number of benzene rings is 1. The smallest absolute Gasteiger partial charge is 0.215 e. The first kappa shape index (κ1) is 15.3. The van der Waals surface area contributed by atoms with Gasteiger partial charge in [-0.05, 0) is 19.1 Å². The van der Waals surface area contributed by atoms with Crippen molar-refractivity contribution in [1.82, 2.24) is 9.71 Å². The molecule has 3 N–H and O–H groups in total. The molecule has 21 heavy (non-hydrogen) atoms. The van der Waals surface area contributed by atoms with Crippen LogP contribution in [0.5, 0.6) is 5.75 Å². The first-order chi connectivity index (χ1) is 9.96. The Labute approximate surface area is 123 Å². The van der Waals surface area contributed by atoms with Crippen LogP contribution in [0, 0.1) is 6.92 Å². The van der Waals surface area contributed by atoms with Crippen LogP contribution in [-0.2, 0) is 16.6 Å². The highest BCUT2D eigenvalue weighted by molar-refractivity contribution is 7.89. The summed E-state index contributed by atoms with van der Waals surface area (Å²) >= 11 is 0. The summed E-state index contributed by atoms with van der Waals surface area (Å²) in [5.74, 6) is 1.24. The Morgan fingerprint density at radius 2 is 2.14 bits per heavy atom. The van der Waals surface area contributed by atoms with Gasteiger partial charge >= 0.3 is 0 Å². The van der Waals surface area contributed by atoms with Crippen LogP contribution in [0.3, 0.4) is 0 Å². The van der Waals surface area contributed by atoms with Crippen molar-refractivity contribution in [3.8, 4) is 5.75 Å². The number of oxazole rings is 1. The standard InChI is InChI=1S/C13H17N3O4S/c1-10-8-15-13(20-10)9-16-21(17,18)7-6-19-12-5-3-2-4-11(12)14/h2-5,8,16H,6-7,9,14H2,1H3. The predicted octanol–water partition coefficient (Wildman–Crippen LogP) is 1.06. The monoisotopic (exact) mass is 311 g/mol. The van der Waals surface area contributed by atoms with E-state index >= 15 is 0 Å². The molecule has 0 radical (unpaired) electrons. The van der Waals surface area contributed by atoms with Crippen molar-refractivity contribution in [2.75, 3.05) is 18.1 Å². The first-order valence-corrected chi connectivity index (χ1v) is 7.97. The lowest BCUT2D eigenvalue weighted by Crippen LogP contribution is -2.28. The Morgan fingerprint density at radius 1 is 1.38 bits per heavy atom. The van der Waals surface area contributed by atoms with Crippen molar-refractivity contribution < 1.29 is 17.6 Å². The van der Waals surface area contributed by atoms with E-state index in [0.29, 0.717) is 23.1 Å². The molecule has 0 bridgehead atoms. The second-order valence-electron chi connectivity index (χ2n) is 4.39. The lowest BCUT2D eigenvalue weighted by molar-refractivity contribution is 0.342. The van der Waals surface area contributed by atoms with E-state index in [-0.39, 0.29) is 18.9 Å². The maximum atomic E-state index is 11.8. The normalized spacial score (nSPS) is 11.5. The Morgan fingerprint density at radius 3 is 2.81 bits per heavy atom. The van der Waals surface area contributed by atoms with Gasteiger partial charge in [0, 0.05) is 0 Å². The summed E-state index contributed by atoms with van der Waals surface area (Å²) in [7, 11) is -3.47. The molecule has 0 unspecified atom stereocenters. The second kappa shape index (κ2) is 6.59. The summed E-state index contributed by atoms with van der Waals surface area (Å²) in [6.07, 6.45) is 1.53. The zero-order chi connectivity index (χ0) is 15.3. The van der Waals surface area contributed by atoms with Crippen molar-refractivity contribution in [2.24, 2.45) is 0 Å². The molecule has 0 amide bonds. The number of nitrogen functional groups attached to an aromatic ring is 1. The summed E-state index contributed by atoms with van der Waals surface area (Å²) in [5.41, 5.74) is 6.17. The zero-order valence-corrected chi connectivity index (χ0v) is 12.4. The van der Waals surface area contributed by atoms with Crippen LogP contribution in [0.1, 0.15) is 11.7 Å². The largest absolute Gasteiger partial charge is 0.490 e. The molecule has 2 rings (SSSR count). The van der Waals surface area contributed by atoms with Crippen molar-refractivity contribution in [3.05, 3.63) is 42.1 Å². The van der Waals surface area contributed by atoms with Gasteiger partial charge in [0.05, 0.1) is 24.2 Å². The van der Waals surface area contributed by atoms with E-state index in [0.717, 1.165) is 0 Å². The molecule has 0 spiro atoms. The van der Waals surface area contributed by atoms with E-state index in [1.165, 1.54) is 6.20 Å². The van der Waals surface area contributed by atoms with Gasteiger partial charge in [-0.2, -0.15) is 0 Å². The Balaban J connectivity index is 1.80. The number of para-hydroxylation sites is 2. The molecular weight excluding hydrogens is 294 g/mol. The fourth-order valence-electron chi connectivity index (χ4n) is 1.60. The number of aromatic nitrogens is 1. The molecule has 0 atom stereocenters. The Bertz CT molecular complexity index is 697.